The summed E-state index contributed by atoms with van der Waals surface area (Å²) in [5.41, 5.74) is 0.893. The molecule has 1 unspecified atom stereocenters. The van der Waals surface area contributed by atoms with Crippen molar-refractivity contribution in [3.05, 3.63) is 34.9 Å². The van der Waals surface area contributed by atoms with Crippen LogP contribution >= 0.6 is 11.6 Å². The maximum Gasteiger partial charge on any atom is 0.405 e. The van der Waals surface area contributed by atoms with Crippen molar-refractivity contribution in [1.29, 1.82) is 0 Å². The largest absolute Gasteiger partial charge is 0.405 e. The van der Waals surface area contributed by atoms with E-state index in [1.807, 2.05) is 12.2 Å². The van der Waals surface area contributed by atoms with Crippen LogP contribution in [0.5, 0.6) is 0 Å². The molecule has 20 heavy (non-hydrogen) atoms. The molecular weight excluding hydrogens is 293 g/mol. The summed E-state index contributed by atoms with van der Waals surface area (Å²) in [6.45, 7) is 2.00. The number of halogens is 4. The van der Waals surface area contributed by atoms with E-state index in [1.165, 1.54) is 6.92 Å². The highest BCUT2D eigenvalue weighted by Crippen LogP contribution is 2.16. The second kappa shape index (κ2) is 6.95. The third-order valence-corrected chi connectivity index (χ3v) is 2.98. The average Bonchev–Trinajstić information content (AvgIpc) is 2.35. The topological polar surface area (TPSA) is 41.1 Å². The minimum absolute atomic E-state index is 0.182. The Morgan fingerprint density at radius 1 is 1.25 bits per heavy atom. The molecule has 1 aromatic rings. The summed E-state index contributed by atoms with van der Waals surface area (Å²) in [7, 11) is 0. The maximum absolute atomic E-state index is 12.0. The van der Waals surface area contributed by atoms with Crippen LogP contribution in [0.2, 0.25) is 5.02 Å². The Morgan fingerprint density at radius 2 is 1.80 bits per heavy atom. The molecule has 0 aliphatic rings. The molecule has 0 aliphatic heterocycles. The van der Waals surface area contributed by atoms with Gasteiger partial charge in [-0.15, -0.1) is 0 Å². The minimum atomic E-state index is -4.41. The molecule has 2 atom stereocenters. The Balaban J connectivity index is 2.50. The van der Waals surface area contributed by atoms with Crippen LogP contribution in [-0.4, -0.2) is 24.7 Å². The molecule has 0 fully saturated rings. The van der Waals surface area contributed by atoms with E-state index in [1.54, 1.807) is 24.3 Å². The standard InChI is InChI=1S/C13H16ClF3N2O/c1-8(10-3-5-11(14)6-4-10)19-9(2)12(20)18-7-13(15,16)17/h3-6,8-9,19H,7H2,1-2H3,(H,18,20)/t8-,9?/m0/s1. The molecule has 7 heteroatoms. The van der Waals surface area contributed by atoms with E-state index in [2.05, 4.69) is 5.32 Å². The minimum Gasteiger partial charge on any atom is -0.346 e. The van der Waals surface area contributed by atoms with Gasteiger partial charge < -0.3 is 5.32 Å². The zero-order valence-corrected chi connectivity index (χ0v) is 11.8. The van der Waals surface area contributed by atoms with Gasteiger partial charge >= 0.3 is 6.18 Å². The number of alkyl halides is 3. The highest BCUT2D eigenvalue weighted by molar-refractivity contribution is 6.30. The van der Waals surface area contributed by atoms with Crippen LogP contribution in [0.1, 0.15) is 25.5 Å². The maximum atomic E-state index is 12.0. The smallest absolute Gasteiger partial charge is 0.346 e. The zero-order chi connectivity index (χ0) is 15.3. The van der Waals surface area contributed by atoms with Crippen molar-refractivity contribution in [2.75, 3.05) is 6.54 Å². The first-order valence-corrected chi connectivity index (χ1v) is 6.43. The molecule has 0 spiro atoms. The van der Waals surface area contributed by atoms with E-state index >= 15 is 0 Å². The van der Waals surface area contributed by atoms with Crippen LogP contribution in [0.4, 0.5) is 13.2 Å². The van der Waals surface area contributed by atoms with E-state index in [4.69, 9.17) is 11.6 Å². The monoisotopic (exact) mass is 308 g/mol. The average molecular weight is 309 g/mol. The lowest BCUT2D eigenvalue weighted by Crippen LogP contribution is -2.45. The Hall–Kier alpha value is -1.27. The number of carbonyl (C=O) groups excluding carboxylic acids is 1. The van der Waals surface area contributed by atoms with Gasteiger partial charge in [0, 0.05) is 11.1 Å². The van der Waals surface area contributed by atoms with Gasteiger partial charge in [-0.2, -0.15) is 13.2 Å². The first kappa shape index (κ1) is 16.8. The third kappa shape index (κ3) is 5.79. The summed E-state index contributed by atoms with van der Waals surface area (Å²) in [5.74, 6) is -0.692. The molecule has 112 valence electrons. The number of rotatable bonds is 5. The van der Waals surface area contributed by atoms with Gasteiger partial charge in [0.25, 0.3) is 0 Å². The molecule has 1 rings (SSSR count). The molecule has 0 aromatic heterocycles. The van der Waals surface area contributed by atoms with Gasteiger partial charge in [-0.1, -0.05) is 23.7 Å². The lowest BCUT2D eigenvalue weighted by atomic mass is 10.1. The fourth-order valence-electron chi connectivity index (χ4n) is 1.64. The van der Waals surface area contributed by atoms with Crippen LogP contribution in [0.15, 0.2) is 24.3 Å². The molecule has 0 aliphatic carbocycles. The second-order valence-corrected chi connectivity index (χ2v) is 4.93. The van der Waals surface area contributed by atoms with Crippen LogP contribution in [-0.2, 0) is 4.79 Å². The number of amides is 1. The van der Waals surface area contributed by atoms with Crippen LogP contribution in [0, 0.1) is 0 Å². The van der Waals surface area contributed by atoms with Crippen molar-refractivity contribution < 1.29 is 18.0 Å². The van der Waals surface area contributed by atoms with Crippen LogP contribution in [0.3, 0.4) is 0 Å². The molecular formula is C13H16ClF3N2O. The van der Waals surface area contributed by atoms with E-state index in [0.29, 0.717) is 5.02 Å². The molecule has 2 N–H and O–H groups in total. The van der Waals surface area contributed by atoms with Gasteiger partial charge in [-0.3, -0.25) is 10.1 Å². The fourth-order valence-corrected chi connectivity index (χ4v) is 1.76. The second-order valence-electron chi connectivity index (χ2n) is 4.49. The Labute approximate surface area is 120 Å². The summed E-state index contributed by atoms with van der Waals surface area (Å²) in [6, 6.07) is 6.09. The Morgan fingerprint density at radius 3 is 2.30 bits per heavy atom. The van der Waals surface area contributed by atoms with Crippen LogP contribution < -0.4 is 10.6 Å². The molecule has 0 bridgehead atoms. The molecule has 0 heterocycles. The van der Waals surface area contributed by atoms with E-state index in [-0.39, 0.29) is 6.04 Å². The van der Waals surface area contributed by atoms with E-state index in [0.717, 1.165) is 5.56 Å². The number of carbonyl (C=O) groups is 1. The van der Waals surface area contributed by atoms with Crippen molar-refractivity contribution in [2.24, 2.45) is 0 Å². The lowest BCUT2D eigenvalue weighted by Gasteiger charge is -2.20. The third-order valence-electron chi connectivity index (χ3n) is 2.73. The van der Waals surface area contributed by atoms with Crippen molar-refractivity contribution in [2.45, 2.75) is 32.1 Å². The van der Waals surface area contributed by atoms with E-state index < -0.39 is 24.7 Å². The molecule has 0 saturated heterocycles. The van der Waals surface area contributed by atoms with Crippen molar-refractivity contribution >= 4 is 17.5 Å². The summed E-state index contributed by atoms with van der Waals surface area (Å²) < 4.78 is 36.0. The number of hydrogen-bond acceptors (Lipinski definition) is 2. The van der Waals surface area contributed by atoms with Gasteiger partial charge in [-0.25, -0.2) is 0 Å². The van der Waals surface area contributed by atoms with E-state index in [9.17, 15) is 18.0 Å². The van der Waals surface area contributed by atoms with Gasteiger partial charge in [0.2, 0.25) is 5.91 Å². The van der Waals surface area contributed by atoms with Crippen molar-refractivity contribution in [3.8, 4) is 0 Å². The fraction of sp³-hybridized carbons (Fsp3) is 0.462. The lowest BCUT2D eigenvalue weighted by molar-refractivity contribution is -0.139. The Kier molecular flexibility index (Phi) is 5.83. The van der Waals surface area contributed by atoms with Crippen molar-refractivity contribution in [1.82, 2.24) is 10.6 Å². The highest BCUT2D eigenvalue weighted by Gasteiger charge is 2.28. The number of hydrogen-bond donors (Lipinski definition) is 2. The van der Waals surface area contributed by atoms with Crippen molar-refractivity contribution in [3.63, 3.8) is 0 Å². The summed E-state index contributed by atoms with van der Waals surface area (Å²) >= 11 is 5.77. The number of nitrogens with one attached hydrogen (secondary N) is 2. The predicted octanol–water partition coefficient (Wildman–Crippen LogP) is 3.06. The molecule has 0 saturated carbocycles. The molecule has 1 amide bonds. The predicted molar refractivity (Wildman–Crippen MR) is 71.5 cm³/mol. The summed E-state index contributed by atoms with van der Waals surface area (Å²) in [6.07, 6.45) is -4.41. The van der Waals surface area contributed by atoms with Gasteiger partial charge in [0.05, 0.1) is 6.04 Å². The van der Waals surface area contributed by atoms with Gasteiger partial charge in [-0.05, 0) is 31.5 Å². The first-order chi connectivity index (χ1) is 9.19. The normalized spacial score (nSPS) is 14.7. The molecule has 0 radical (unpaired) electrons. The zero-order valence-electron chi connectivity index (χ0n) is 11.1. The summed E-state index contributed by atoms with van der Waals surface area (Å²) in [5, 5.41) is 5.36. The molecule has 1 aromatic carbocycles. The Bertz CT molecular complexity index is 448. The first-order valence-electron chi connectivity index (χ1n) is 6.05. The highest BCUT2D eigenvalue weighted by atomic mass is 35.5. The SMILES string of the molecule is CC(N[C@@H](C)c1ccc(Cl)cc1)C(=O)NCC(F)(F)F. The summed E-state index contributed by atoms with van der Waals surface area (Å²) in [4.78, 5) is 11.5. The molecule has 3 nitrogen and oxygen atoms in total. The van der Waals surface area contributed by atoms with Gasteiger partial charge in [0.15, 0.2) is 0 Å². The number of benzene rings is 1. The van der Waals surface area contributed by atoms with Crippen LogP contribution in [0.25, 0.3) is 0 Å². The quantitative estimate of drug-likeness (QED) is 0.878. The van der Waals surface area contributed by atoms with Gasteiger partial charge in [0.1, 0.15) is 6.54 Å².